The highest BCUT2D eigenvalue weighted by Crippen LogP contribution is 2.25. The Morgan fingerprint density at radius 2 is 1.71 bits per heavy atom. The highest BCUT2D eigenvalue weighted by atomic mass is 15.1. The van der Waals surface area contributed by atoms with Crippen LogP contribution in [0.15, 0.2) is 0 Å². The molecule has 2 nitrogen and oxygen atoms in total. The van der Waals surface area contributed by atoms with Gasteiger partial charge < -0.3 is 10.6 Å². The van der Waals surface area contributed by atoms with Crippen LogP contribution in [0.3, 0.4) is 0 Å². The summed E-state index contributed by atoms with van der Waals surface area (Å²) in [4.78, 5) is 2.44. The van der Waals surface area contributed by atoms with Crippen LogP contribution >= 0.6 is 0 Å². The van der Waals surface area contributed by atoms with Crippen molar-refractivity contribution in [2.24, 2.45) is 11.7 Å². The highest BCUT2D eigenvalue weighted by molar-refractivity contribution is 4.78. The summed E-state index contributed by atoms with van der Waals surface area (Å²) < 4.78 is 0. The maximum Gasteiger partial charge on any atom is 0.0196 e. The lowest BCUT2D eigenvalue weighted by Crippen LogP contribution is -2.42. The zero-order valence-electron chi connectivity index (χ0n) is 9.84. The summed E-state index contributed by atoms with van der Waals surface area (Å²) in [6.07, 6.45) is 6.95. The molecule has 0 aromatic heterocycles. The van der Waals surface area contributed by atoms with Crippen molar-refractivity contribution in [2.75, 3.05) is 19.6 Å². The van der Waals surface area contributed by atoms with Crippen LogP contribution in [-0.2, 0) is 0 Å². The largest absolute Gasteiger partial charge is 0.326 e. The Hall–Kier alpha value is -0.0800. The predicted molar refractivity (Wildman–Crippen MR) is 62.3 cm³/mol. The summed E-state index contributed by atoms with van der Waals surface area (Å²) in [5.41, 5.74) is 6.26. The maximum atomic E-state index is 6.26. The van der Waals surface area contributed by atoms with Crippen molar-refractivity contribution in [1.82, 2.24) is 4.90 Å². The summed E-state index contributed by atoms with van der Waals surface area (Å²) >= 11 is 0. The van der Waals surface area contributed by atoms with E-state index in [1.54, 1.807) is 0 Å². The Bertz CT molecular complexity index is 137. The molecule has 1 aliphatic carbocycles. The topological polar surface area (TPSA) is 29.3 Å². The van der Waals surface area contributed by atoms with Gasteiger partial charge in [-0.2, -0.15) is 0 Å². The average Bonchev–Trinajstić information content (AvgIpc) is 2.26. The molecule has 0 aromatic carbocycles. The van der Waals surface area contributed by atoms with Crippen molar-refractivity contribution >= 4 is 0 Å². The number of nitrogens with two attached hydrogens (primary N) is 1. The molecule has 1 aliphatic rings. The number of likely N-dealkylation sites (N-methyl/N-ethyl adjacent to an activating group) is 1. The van der Waals surface area contributed by atoms with Gasteiger partial charge in [-0.1, -0.05) is 33.1 Å². The molecule has 0 bridgehead atoms. The molecule has 1 rings (SSSR count). The molecule has 1 unspecified atom stereocenters. The smallest absolute Gasteiger partial charge is 0.0196 e. The van der Waals surface area contributed by atoms with Crippen molar-refractivity contribution in [1.29, 1.82) is 0 Å². The van der Waals surface area contributed by atoms with Crippen LogP contribution in [0, 0.1) is 5.92 Å². The molecule has 0 spiro atoms. The van der Waals surface area contributed by atoms with Crippen molar-refractivity contribution in [3.05, 3.63) is 0 Å². The van der Waals surface area contributed by atoms with Gasteiger partial charge in [0.1, 0.15) is 0 Å². The number of rotatable bonds is 5. The van der Waals surface area contributed by atoms with E-state index in [-0.39, 0.29) is 0 Å². The minimum absolute atomic E-state index is 0.412. The molecular weight excluding hydrogens is 172 g/mol. The summed E-state index contributed by atoms with van der Waals surface area (Å²) in [7, 11) is 0. The molecule has 1 fully saturated rings. The van der Waals surface area contributed by atoms with Crippen molar-refractivity contribution < 1.29 is 0 Å². The molecule has 84 valence electrons. The number of hydrogen-bond acceptors (Lipinski definition) is 2. The second-order valence-electron chi connectivity index (χ2n) is 4.55. The lowest BCUT2D eigenvalue weighted by atomic mass is 9.84. The molecule has 2 N–H and O–H groups in total. The molecular formula is C12H26N2. The van der Waals surface area contributed by atoms with Gasteiger partial charge in [0.25, 0.3) is 0 Å². The summed E-state index contributed by atoms with van der Waals surface area (Å²) in [5.74, 6) is 0.796. The van der Waals surface area contributed by atoms with Crippen LogP contribution < -0.4 is 5.73 Å². The monoisotopic (exact) mass is 198 g/mol. The van der Waals surface area contributed by atoms with Gasteiger partial charge in [-0.15, -0.1) is 0 Å². The first kappa shape index (κ1) is 12.0. The minimum Gasteiger partial charge on any atom is -0.326 e. The molecule has 2 heteroatoms. The standard InChI is InChI=1S/C12H26N2/c1-3-14(4-2)10-12(13)11-8-6-5-7-9-11/h11-12H,3-10,13H2,1-2H3. The normalized spacial score (nSPS) is 21.4. The van der Waals surface area contributed by atoms with Crippen LogP contribution in [0.4, 0.5) is 0 Å². The van der Waals surface area contributed by atoms with Crippen molar-refractivity contribution in [3.8, 4) is 0 Å². The summed E-state index contributed by atoms with van der Waals surface area (Å²) in [6.45, 7) is 7.81. The van der Waals surface area contributed by atoms with E-state index in [4.69, 9.17) is 5.73 Å². The van der Waals surface area contributed by atoms with E-state index < -0.39 is 0 Å². The van der Waals surface area contributed by atoms with Gasteiger partial charge in [0.2, 0.25) is 0 Å². The fourth-order valence-corrected chi connectivity index (χ4v) is 2.49. The van der Waals surface area contributed by atoms with E-state index in [1.165, 1.54) is 32.1 Å². The lowest BCUT2D eigenvalue weighted by Gasteiger charge is -2.31. The molecule has 0 aliphatic heterocycles. The van der Waals surface area contributed by atoms with Gasteiger partial charge in [0.05, 0.1) is 0 Å². The quantitative estimate of drug-likeness (QED) is 0.734. The molecule has 0 saturated heterocycles. The predicted octanol–water partition coefficient (Wildman–Crippen LogP) is 2.24. The van der Waals surface area contributed by atoms with Gasteiger partial charge in [-0.25, -0.2) is 0 Å². The van der Waals surface area contributed by atoms with Crippen LogP contribution in [0.2, 0.25) is 0 Å². The number of nitrogens with zero attached hydrogens (tertiary/aromatic N) is 1. The summed E-state index contributed by atoms with van der Waals surface area (Å²) in [6, 6.07) is 0.412. The molecule has 0 aromatic rings. The van der Waals surface area contributed by atoms with Gasteiger partial charge in [0, 0.05) is 12.6 Å². The fraction of sp³-hybridized carbons (Fsp3) is 1.00. The van der Waals surface area contributed by atoms with Gasteiger partial charge in [0.15, 0.2) is 0 Å². The zero-order valence-corrected chi connectivity index (χ0v) is 9.84. The van der Waals surface area contributed by atoms with Crippen LogP contribution in [0.25, 0.3) is 0 Å². The zero-order chi connectivity index (χ0) is 10.4. The molecule has 1 saturated carbocycles. The second-order valence-corrected chi connectivity index (χ2v) is 4.55. The van der Waals surface area contributed by atoms with E-state index in [0.29, 0.717) is 6.04 Å². The van der Waals surface area contributed by atoms with Gasteiger partial charge in [-0.3, -0.25) is 0 Å². The molecule has 0 amide bonds. The van der Waals surface area contributed by atoms with Crippen molar-refractivity contribution in [3.63, 3.8) is 0 Å². The first-order valence-corrected chi connectivity index (χ1v) is 6.25. The molecule has 0 heterocycles. The van der Waals surface area contributed by atoms with Gasteiger partial charge >= 0.3 is 0 Å². The van der Waals surface area contributed by atoms with Gasteiger partial charge in [-0.05, 0) is 31.8 Å². The van der Waals surface area contributed by atoms with E-state index in [0.717, 1.165) is 25.6 Å². The van der Waals surface area contributed by atoms with E-state index >= 15 is 0 Å². The minimum atomic E-state index is 0.412. The Morgan fingerprint density at radius 3 is 2.21 bits per heavy atom. The van der Waals surface area contributed by atoms with E-state index in [2.05, 4.69) is 18.7 Å². The Balaban J connectivity index is 2.27. The maximum absolute atomic E-state index is 6.26. The fourth-order valence-electron chi connectivity index (χ4n) is 2.49. The lowest BCUT2D eigenvalue weighted by molar-refractivity contribution is 0.219. The Kier molecular flexibility index (Phi) is 5.49. The first-order chi connectivity index (χ1) is 6.77. The average molecular weight is 198 g/mol. The number of hydrogen-bond donors (Lipinski definition) is 1. The van der Waals surface area contributed by atoms with Crippen molar-refractivity contribution in [2.45, 2.75) is 52.0 Å². The highest BCUT2D eigenvalue weighted by Gasteiger charge is 2.21. The third-order valence-electron chi connectivity index (χ3n) is 3.62. The van der Waals surface area contributed by atoms with Crippen LogP contribution in [0.1, 0.15) is 46.0 Å². The Labute approximate surface area is 88.8 Å². The molecule has 14 heavy (non-hydrogen) atoms. The third-order valence-corrected chi connectivity index (χ3v) is 3.62. The Morgan fingerprint density at radius 1 is 1.14 bits per heavy atom. The molecule has 0 radical (unpaired) electrons. The van der Waals surface area contributed by atoms with E-state index in [1.807, 2.05) is 0 Å². The van der Waals surface area contributed by atoms with E-state index in [9.17, 15) is 0 Å². The third kappa shape index (κ3) is 3.58. The summed E-state index contributed by atoms with van der Waals surface area (Å²) in [5, 5.41) is 0. The van der Waals surface area contributed by atoms with Crippen LogP contribution in [0.5, 0.6) is 0 Å². The first-order valence-electron chi connectivity index (χ1n) is 6.25. The molecule has 1 atom stereocenters. The second kappa shape index (κ2) is 6.41. The SMILES string of the molecule is CCN(CC)CC(N)C1CCCCC1. The van der Waals surface area contributed by atoms with Crippen LogP contribution in [-0.4, -0.2) is 30.6 Å².